The van der Waals surface area contributed by atoms with Crippen LogP contribution in [0, 0.1) is 0 Å². The lowest BCUT2D eigenvalue weighted by Crippen LogP contribution is -2.08. The van der Waals surface area contributed by atoms with Gasteiger partial charge >= 0.3 is 0 Å². The maximum absolute atomic E-state index is 11.2. The highest BCUT2D eigenvalue weighted by Gasteiger charge is 2.15. The molecule has 0 amide bonds. The van der Waals surface area contributed by atoms with Gasteiger partial charge in [0.05, 0.1) is 0 Å². The van der Waals surface area contributed by atoms with Gasteiger partial charge in [-0.2, -0.15) is 0 Å². The molecule has 0 fully saturated rings. The van der Waals surface area contributed by atoms with Gasteiger partial charge in [-0.05, 0) is 24.1 Å². The Morgan fingerprint density at radius 3 is 2.80 bits per heavy atom. The molecule has 0 atom stereocenters. The summed E-state index contributed by atoms with van der Waals surface area (Å²) in [7, 11) is 0. The van der Waals surface area contributed by atoms with E-state index in [1.165, 1.54) is 0 Å². The van der Waals surface area contributed by atoms with Crippen LogP contribution < -0.4 is 0 Å². The van der Waals surface area contributed by atoms with E-state index in [0.717, 1.165) is 36.9 Å². The zero-order valence-corrected chi connectivity index (χ0v) is 12.8. The molecule has 0 aliphatic carbocycles. The normalized spacial score (nSPS) is 10.8. The van der Waals surface area contributed by atoms with Crippen molar-refractivity contribution in [2.75, 3.05) is 0 Å². The van der Waals surface area contributed by atoms with E-state index < -0.39 is 0 Å². The van der Waals surface area contributed by atoms with E-state index in [9.17, 15) is 4.79 Å². The molecule has 2 rings (SSSR count). The fourth-order valence-electron chi connectivity index (χ4n) is 2.11. The third-order valence-corrected chi connectivity index (χ3v) is 3.65. The van der Waals surface area contributed by atoms with Crippen LogP contribution in [0.2, 0.25) is 10.2 Å². The summed E-state index contributed by atoms with van der Waals surface area (Å²) in [5, 5.41) is 0.949. The van der Waals surface area contributed by atoms with Gasteiger partial charge in [-0.3, -0.25) is 4.79 Å². The first-order chi connectivity index (χ1) is 9.65. The van der Waals surface area contributed by atoms with Crippen LogP contribution in [0.3, 0.4) is 0 Å². The summed E-state index contributed by atoms with van der Waals surface area (Å²) in [6.45, 7) is 2.67. The van der Waals surface area contributed by atoms with Crippen molar-refractivity contribution in [2.24, 2.45) is 0 Å². The molecule has 2 aromatic rings. The van der Waals surface area contributed by atoms with E-state index in [1.54, 1.807) is 0 Å². The monoisotopic (exact) mass is 310 g/mol. The molecule has 3 nitrogen and oxygen atoms in total. The molecule has 0 aliphatic heterocycles. The number of imidazole rings is 1. The Bertz CT molecular complexity index is 608. The SMILES string of the molecule is CCCCc1nc(Cl)c(C=O)n1Cc1cccc(Cl)c1. The van der Waals surface area contributed by atoms with Gasteiger partial charge in [0.2, 0.25) is 0 Å². The molecule has 0 bridgehead atoms. The first-order valence-electron chi connectivity index (χ1n) is 6.60. The fourth-order valence-corrected chi connectivity index (χ4v) is 2.57. The minimum Gasteiger partial charge on any atom is -0.320 e. The van der Waals surface area contributed by atoms with Gasteiger partial charge < -0.3 is 4.57 Å². The maximum Gasteiger partial charge on any atom is 0.169 e. The highest BCUT2D eigenvalue weighted by atomic mass is 35.5. The van der Waals surface area contributed by atoms with Gasteiger partial charge in [0, 0.05) is 18.0 Å². The lowest BCUT2D eigenvalue weighted by atomic mass is 10.2. The van der Waals surface area contributed by atoms with E-state index in [2.05, 4.69) is 11.9 Å². The number of halogens is 2. The number of rotatable bonds is 6. The number of benzene rings is 1. The second kappa shape index (κ2) is 6.91. The van der Waals surface area contributed by atoms with Gasteiger partial charge in [-0.25, -0.2) is 4.98 Å². The van der Waals surface area contributed by atoms with Crippen LogP contribution in [0.1, 0.15) is 41.6 Å². The molecular formula is C15H16Cl2N2O. The second-order valence-corrected chi connectivity index (χ2v) is 5.44. The van der Waals surface area contributed by atoms with Crippen LogP contribution in [0.25, 0.3) is 0 Å². The lowest BCUT2D eigenvalue weighted by Gasteiger charge is -2.09. The molecule has 0 N–H and O–H groups in total. The Hall–Kier alpha value is -1.32. The van der Waals surface area contributed by atoms with Crippen molar-refractivity contribution in [1.82, 2.24) is 9.55 Å². The highest BCUT2D eigenvalue weighted by Crippen LogP contribution is 2.20. The smallest absolute Gasteiger partial charge is 0.169 e. The van der Waals surface area contributed by atoms with Gasteiger partial charge in [-0.1, -0.05) is 48.7 Å². The standard InChI is InChI=1S/C15H16Cl2N2O/c1-2-3-7-14-18-15(17)13(10-20)19(14)9-11-5-4-6-12(16)8-11/h4-6,8,10H,2-3,7,9H2,1H3. The van der Waals surface area contributed by atoms with E-state index in [4.69, 9.17) is 23.2 Å². The quantitative estimate of drug-likeness (QED) is 0.741. The Morgan fingerprint density at radius 2 is 2.15 bits per heavy atom. The first-order valence-corrected chi connectivity index (χ1v) is 7.35. The van der Waals surface area contributed by atoms with E-state index in [-0.39, 0.29) is 5.15 Å². The lowest BCUT2D eigenvalue weighted by molar-refractivity contribution is 0.111. The van der Waals surface area contributed by atoms with Crippen molar-refractivity contribution >= 4 is 29.5 Å². The topological polar surface area (TPSA) is 34.9 Å². The molecule has 1 heterocycles. The van der Waals surface area contributed by atoms with Crippen LogP contribution in [0.4, 0.5) is 0 Å². The Kier molecular flexibility index (Phi) is 5.21. The Morgan fingerprint density at radius 1 is 1.35 bits per heavy atom. The second-order valence-electron chi connectivity index (χ2n) is 4.64. The number of aryl methyl sites for hydroxylation is 1. The predicted molar refractivity (Wildman–Crippen MR) is 81.8 cm³/mol. The molecule has 106 valence electrons. The van der Waals surface area contributed by atoms with Crippen molar-refractivity contribution in [3.8, 4) is 0 Å². The largest absolute Gasteiger partial charge is 0.320 e. The Labute approximate surface area is 128 Å². The molecular weight excluding hydrogens is 295 g/mol. The minimum atomic E-state index is 0.271. The summed E-state index contributed by atoms with van der Waals surface area (Å²) in [5.41, 5.74) is 1.45. The number of aldehydes is 1. The van der Waals surface area contributed by atoms with Crippen molar-refractivity contribution in [3.05, 3.63) is 51.5 Å². The predicted octanol–water partition coefficient (Wildman–Crippen LogP) is 4.39. The number of carbonyl (C=O) groups excluding carboxylic acids is 1. The van der Waals surface area contributed by atoms with Crippen molar-refractivity contribution < 1.29 is 4.79 Å². The molecule has 20 heavy (non-hydrogen) atoms. The molecule has 1 aromatic heterocycles. The van der Waals surface area contributed by atoms with Crippen LogP contribution >= 0.6 is 23.2 Å². The molecule has 0 radical (unpaired) electrons. The van der Waals surface area contributed by atoms with Crippen molar-refractivity contribution in [1.29, 1.82) is 0 Å². The van der Waals surface area contributed by atoms with E-state index in [0.29, 0.717) is 17.3 Å². The van der Waals surface area contributed by atoms with Crippen LogP contribution in [-0.4, -0.2) is 15.8 Å². The zero-order chi connectivity index (χ0) is 14.5. The number of hydrogen-bond donors (Lipinski definition) is 0. The van der Waals surface area contributed by atoms with Gasteiger partial charge in [0.15, 0.2) is 11.4 Å². The van der Waals surface area contributed by atoms with Gasteiger partial charge in [0.25, 0.3) is 0 Å². The number of carbonyl (C=O) groups is 1. The summed E-state index contributed by atoms with van der Waals surface area (Å²) < 4.78 is 1.87. The number of unbranched alkanes of at least 4 members (excludes halogenated alkanes) is 1. The molecule has 5 heteroatoms. The first kappa shape index (κ1) is 15.1. The van der Waals surface area contributed by atoms with E-state index >= 15 is 0 Å². The number of aromatic nitrogens is 2. The summed E-state index contributed by atoms with van der Waals surface area (Å²) in [4.78, 5) is 15.5. The number of nitrogens with zero attached hydrogens (tertiary/aromatic N) is 2. The summed E-state index contributed by atoms with van der Waals surface area (Å²) in [5.74, 6) is 0.846. The van der Waals surface area contributed by atoms with Gasteiger partial charge in [-0.15, -0.1) is 0 Å². The molecule has 1 aromatic carbocycles. The zero-order valence-electron chi connectivity index (χ0n) is 11.3. The van der Waals surface area contributed by atoms with Gasteiger partial charge in [0.1, 0.15) is 11.5 Å². The third kappa shape index (κ3) is 3.41. The average molecular weight is 311 g/mol. The number of hydrogen-bond acceptors (Lipinski definition) is 2. The maximum atomic E-state index is 11.2. The minimum absolute atomic E-state index is 0.271. The summed E-state index contributed by atoms with van der Waals surface area (Å²) >= 11 is 12.0. The molecule has 0 spiro atoms. The Balaban J connectivity index is 2.35. The molecule has 0 aliphatic rings. The fraction of sp³-hybridized carbons (Fsp3) is 0.333. The van der Waals surface area contributed by atoms with Crippen LogP contribution in [-0.2, 0) is 13.0 Å². The average Bonchev–Trinajstić information content (AvgIpc) is 2.72. The third-order valence-electron chi connectivity index (χ3n) is 3.14. The van der Waals surface area contributed by atoms with Crippen LogP contribution in [0.5, 0.6) is 0 Å². The van der Waals surface area contributed by atoms with E-state index in [1.807, 2.05) is 28.8 Å². The molecule has 0 saturated heterocycles. The van der Waals surface area contributed by atoms with Crippen molar-refractivity contribution in [2.45, 2.75) is 32.7 Å². The molecule has 0 unspecified atom stereocenters. The highest BCUT2D eigenvalue weighted by molar-refractivity contribution is 6.31. The van der Waals surface area contributed by atoms with Crippen molar-refractivity contribution in [3.63, 3.8) is 0 Å². The van der Waals surface area contributed by atoms with Crippen LogP contribution in [0.15, 0.2) is 24.3 Å². The summed E-state index contributed by atoms with van der Waals surface area (Å²) in [6, 6.07) is 7.57. The summed E-state index contributed by atoms with van der Waals surface area (Å²) in [6.07, 6.45) is 3.65. The molecule has 0 saturated carbocycles.